The normalized spacial score (nSPS) is 15.3. The molecule has 3 aromatic rings. The zero-order valence-corrected chi connectivity index (χ0v) is 14.3. The molecule has 0 saturated heterocycles. The summed E-state index contributed by atoms with van der Waals surface area (Å²) in [6, 6.07) is 11.9. The number of hydrogen-bond acceptors (Lipinski definition) is 4. The number of benzene rings is 2. The van der Waals surface area contributed by atoms with Gasteiger partial charge in [0.05, 0.1) is 11.1 Å². The van der Waals surface area contributed by atoms with E-state index in [1.54, 1.807) is 10.7 Å². The predicted molar refractivity (Wildman–Crippen MR) is 94.4 cm³/mol. The SMILES string of the molecule is Cc1cc(NC(=O)C2(c3cccc(F)c3)CCC2)ccc1-n1cnnn1. The first kappa shape index (κ1) is 16.4. The Hall–Kier alpha value is -3.09. The van der Waals surface area contributed by atoms with Gasteiger partial charge in [0, 0.05) is 5.69 Å². The molecule has 0 spiro atoms. The van der Waals surface area contributed by atoms with Crippen LogP contribution in [0.4, 0.5) is 10.1 Å². The van der Waals surface area contributed by atoms with Gasteiger partial charge in [-0.3, -0.25) is 4.79 Å². The molecule has 26 heavy (non-hydrogen) atoms. The highest BCUT2D eigenvalue weighted by Crippen LogP contribution is 2.44. The van der Waals surface area contributed by atoms with Crippen LogP contribution < -0.4 is 5.32 Å². The van der Waals surface area contributed by atoms with E-state index in [1.807, 2.05) is 31.2 Å². The van der Waals surface area contributed by atoms with E-state index >= 15 is 0 Å². The molecule has 6 nitrogen and oxygen atoms in total. The summed E-state index contributed by atoms with van der Waals surface area (Å²) in [5.74, 6) is -0.410. The van der Waals surface area contributed by atoms with Gasteiger partial charge in [-0.2, -0.15) is 0 Å². The Morgan fingerprint density at radius 2 is 2.08 bits per heavy atom. The molecule has 0 radical (unpaired) electrons. The summed E-state index contributed by atoms with van der Waals surface area (Å²) in [6.07, 6.45) is 3.93. The van der Waals surface area contributed by atoms with Crippen LogP contribution in [-0.4, -0.2) is 26.1 Å². The topological polar surface area (TPSA) is 72.7 Å². The van der Waals surface area contributed by atoms with Crippen molar-refractivity contribution in [2.24, 2.45) is 0 Å². The van der Waals surface area contributed by atoms with Crippen LogP contribution in [0.3, 0.4) is 0 Å². The molecule has 0 aliphatic heterocycles. The molecule has 132 valence electrons. The summed E-state index contributed by atoms with van der Waals surface area (Å²) >= 11 is 0. The minimum atomic E-state index is -0.648. The Morgan fingerprint density at radius 1 is 1.23 bits per heavy atom. The number of halogens is 1. The number of carbonyl (C=O) groups excluding carboxylic acids is 1. The molecular weight excluding hydrogens is 333 g/mol. The first-order chi connectivity index (χ1) is 12.6. The molecule has 7 heteroatoms. The molecule has 1 amide bonds. The van der Waals surface area contributed by atoms with Crippen molar-refractivity contribution >= 4 is 11.6 Å². The fourth-order valence-electron chi connectivity index (χ4n) is 3.48. The lowest BCUT2D eigenvalue weighted by atomic mass is 9.63. The molecule has 4 rings (SSSR count). The average Bonchev–Trinajstić information content (AvgIpc) is 3.08. The molecule has 0 unspecified atom stereocenters. The van der Waals surface area contributed by atoms with Crippen molar-refractivity contribution in [1.29, 1.82) is 0 Å². The van der Waals surface area contributed by atoms with Crippen molar-refractivity contribution < 1.29 is 9.18 Å². The molecule has 1 aliphatic rings. The molecule has 2 aromatic carbocycles. The van der Waals surface area contributed by atoms with Crippen molar-refractivity contribution in [1.82, 2.24) is 20.2 Å². The second-order valence-electron chi connectivity index (χ2n) is 6.66. The number of nitrogens with zero attached hydrogens (tertiary/aromatic N) is 4. The maximum absolute atomic E-state index is 13.6. The summed E-state index contributed by atoms with van der Waals surface area (Å²) in [4.78, 5) is 13.0. The summed E-state index contributed by atoms with van der Waals surface area (Å²) in [5.41, 5.74) is 2.57. The number of rotatable bonds is 4. The van der Waals surface area contributed by atoms with E-state index in [0.717, 1.165) is 36.1 Å². The number of anilines is 1. The smallest absolute Gasteiger partial charge is 0.235 e. The zero-order chi connectivity index (χ0) is 18.1. The Morgan fingerprint density at radius 3 is 2.69 bits per heavy atom. The summed E-state index contributed by atoms with van der Waals surface area (Å²) in [5, 5.41) is 14.1. The molecular formula is C19H18FN5O. The van der Waals surface area contributed by atoms with Crippen LogP contribution in [0.2, 0.25) is 0 Å². The van der Waals surface area contributed by atoms with E-state index in [-0.39, 0.29) is 11.7 Å². The highest BCUT2D eigenvalue weighted by Gasteiger charge is 2.45. The van der Waals surface area contributed by atoms with Crippen LogP contribution in [0, 0.1) is 12.7 Å². The number of carbonyl (C=O) groups is 1. The zero-order valence-electron chi connectivity index (χ0n) is 14.3. The van der Waals surface area contributed by atoms with Crippen molar-refractivity contribution in [2.45, 2.75) is 31.6 Å². The van der Waals surface area contributed by atoms with Crippen LogP contribution in [0.1, 0.15) is 30.4 Å². The molecule has 1 saturated carbocycles. The Labute approximate surface area is 150 Å². The summed E-state index contributed by atoms with van der Waals surface area (Å²) in [7, 11) is 0. The Bertz CT molecular complexity index is 950. The lowest BCUT2D eigenvalue weighted by molar-refractivity contribution is -0.124. The summed E-state index contributed by atoms with van der Waals surface area (Å²) in [6.45, 7) is 1.93. The van der Waals surface area contributed by atoms with E-state index in [1.165, 1.54) is 18.5 Å². The van der Waals surface area contributed by atoms with Crippen LogP contribution in [0.15, 0.2) is 48.8 Å². The molecule has 1 aromatic heterocycles. The first-order valence-electron chi connectivity index (χ1n) is 8.50. The van der Waals surface area contributed by atoms with Crippen LogP contribution in [0.5, 0.6) is 0 Å². The maximum atomic E-state index is 13.6. The second kappa shape index (κ2) is 6.33. The van der Waals surface area contributed by atoms with Gasteiger partial charge < -0.3 is 5.32 Å². The summed E-state index contributed by atoms with van der Waals surface area (Å²) < 4.78 is 15.2. The molecule has 0 atom stereocenters. The Kier molecular flexibility index (Phi) is 3.99. The van der Waals surface area contributed by atoms with Crippen LogP contribution >= 0.6 is 0 Å². The van der Waals surface area contributed by atoms with E-state index in [4.69, 9.17) is 0 Å². The maximum Gasteiger partial charge on any atom is 0.235 e. The second-order valence-corrected chi connectivity index (χ2v) is 6.66. The quantitative estimate of drug-likeness (QED) is 0.784. The number of aryl methyl sites for hydroxylation is 1. The van der Waals surface area contributed by atoms with Crippen molar-refractivity contribution in [2.75, 3.05) is 5.32 Å². The molecule has 1 aliphatic carbocycles. The molecule has 0 bridgehead atoms. The third-order valence-electron chi connectivity index (χ3n) is 5.07. The van der Waals surface area contributed by atoms with Crippen molar-refractivity contribution in [3.63, 3.8) is 0 Å². The number of nitrogens with one attached hydrogen (secondary N) is 1. The third-order valence-corrected chi connectivity index (χ3v) is 5.07. The van der Waals surface area contributed by atoms with Gasteiger partial charge in [0.15, 0.2) is 0 Å². The lowest BCUT2D eigenvalue weighted by Crippen LogP contribution is -2.46. The van der Waals surface area contributed by atoms with Crippen molar-refractivity contribution in [3.05, 3.63) is 65.7 Å². The van der Waals surface area contributed by atoms with E-state index < -0.39 is 5.41 Å². The highest BCUT2D eigenvalue weighted by molar-refractivity contribution is 6.00. The lowest BCUT2D eigenvalue weighted by Gasteiger charge is -2.40. The largest absolute Gasteiger partial charge is 0.325 e. The van der Waals surface area contributed by atoms with Gasteiger partial charge in [-0.25, -0.2) is 9.07 Å². The minimum Gasteiger partial charge on any atom is -0.325 e. The number of aromatic nitrogens is 4. The van der Waals surface area contributed by atoms with Gasteiger partial charge in [0.2, 0.25) is 5.91 Å². The highest BCUT2D eigenvalue weighted by atomic mass is 19.1. The number of amides is 1. The van der Waals surface area contributed by atoms with Gasteiger partial charge in [0.1, 0.15) is 12.1 Å². The Balaban J connectivity index is 1.59. The van der Waals surface area contributed by atoms with Gasteiger partial charge in [-0.15, -0.1) is 5.10 Å². The molecule has 1 fully saturated rings. The fraction of sp³-hybridized carbons (Fsp3) is 0.263. The fourth-order valence-corrected chi connectivity index (χ4v) is 3.48. The van der Waals surface area contributed by atoms with Gasteiger partial charge in [-0.05, 0) is 71.7 Å². The van der Waals surface area contributed by atoms with E-state index in [9.17, 15) is 9.18 Å². The minimum absolute atomic E-state index is 0.0936. The van der Waals surface area contributed by atoms with Gasteiger partial charge >= 0.3 is 0 Å². The van der Waals surface area contributed by atoms with E-state index in [0.29, 0.717) is 5.69 Å². The standard InChI is InChI=1S/C19H18FN5O/c1-13-10-16(6-7-17(13)25-12-21-23-24-25)22-18(26)19(8-3-9-19)14-4-2-5-15(20)11-14/h2,4-7,10-12H,3,8-9H2,1H3,(H,22,26). The molecule has 1 heterocycles. The van der Waals surface area contributed by atoms with Crippen molar-refractivity contribution in [3.8, 4) is 5.69 Å². The van der Waals surface area contributed by atoms with Crippen LogP contribution in [0.25, 0.3) is 5.69 Å². The third kappa shape index (κ3) is 2.75. The first-order valence-corrected chi connectivity index (χ1v) is 8.50. The number of hydrogen-bond donors (Lipinski definition) is 1. The number of tetrazole rings is 1. The monoisotopic (exact) mass is 351 g/mol. The van der Waals surface area contributed by atoms with Crippen LogP contribution in [-0.2, 0) is 10.2 Å². The van der Waals surface area contributed by atoms with Gasteiger partial charge in [0.25, 0.3) is 0 Å². The molecule has 1 N–H and O–H groups in total. The average molecular weight is 351 g/mol. The predicted octanol–water partition coefficient (Wildman–Crippen LogP) is 3.17. The van der Waals surface area contributed by atoms with Gasteiger partial charge in [-0.1, -0.05) is 18.6 Å². The van der Waals surface area contributed by atoms with E-state index in [2.05, 4.69) is 20.8 Å².